The summed E-state index contributed by atoms with van der Waals surface area (Å²) in [5.74, 6) is 0.753. The van der Waals surface area contributed by atoms with Gasteiger partial charge in [0.25, 0.3) is 0 Å². The minimum absolute atomic E-state index is 0.126. The summed E-state index contributed by atoms with van der Waals surface area (Å²) in [6, 6.07) is 10.7. The summed E-state index contributed by atoms with van der Waals surface area (Å²) in [7, 11) is 0. The second-order valence-electron chi connectivity index (χ2n) is 7.60. The topological polar surface area (TPSA) is 75.2 Å². The Balaban J connectivity index is 1.42. The smallest absolute Gasteiger partial charge is 0.154 e. The SMILES string of the molecule is c1cnc2c(NC[C@@H]3CNCCO3)nc(-c3ccc(N4CCCC4)cc3)cc2n1. The van der Waals surface area contributed by atoms with Gasteiger partial charge in [0.15, 0.2) is 5.82 Å². The molecule has 1 aromatic carbocycles. The van der Waals surface area contributed by atoms with Crippen molar-refractivity contribution in [3.05, 3.63) is 42.7 Å². The van der Waals surface area contributed by atoms with Crippen LogP contribution in [0.5, 0.6) is 0 Å². The lowest BCUT2D eigenvalue weighted by molar-refractivity contribution is 0.0372. The number of ether oxygens (including phenoxy) is 1. The maximum Gasteiger partial charge on any atom is 0.154 e. The van der Waals surface area contributed by atoms with Gasteiger partial charge in [0.2, 0.25) is 0 Å². The summed E-state index contributed by atoms with van der Waals surface area (Å²) >= 11 is 0. The van der Waals surface area contributed by atoms with Gasteiger partial charge >= 0.3 is 0 Å². The summed E-state index contributed by atoms with van der Waals surface area (Å²) in [6.07, 6.45) is 6.11. The van der Waals surface area contributed by atoms with Crippen molar-refractivity contribution in [2.24, 2.45) is 0 Å². The van der Waals surface area contributed by atoms with Gasteiger partial charge in [-0.3, -0.25) is 4.98 Å². The second-order valence-corrected chi connectivity index (χ2v) is 7.60. The van der Waals surface area contributed by atoms with Crippen molar-refractivity contribution in [2.45, 2.75) is 18.9 Å². The van der Waals surface area contributed by atoms with Crippen molar-refractivity contribution < 1.29 is 4.74 Å². The molecule has 0 bridgehead atoms. The van der Waals surface area contributed by atoms with E-state index in [1.54, 1.807) is 12.4 Å². The molecule has 0 unspecified atom stereocenters. The highest BCUT2D eigenvalue weighted by molar-refractivity contribution is 5.88. The van der Waals surface area contributed by atoms with Crippen molar-refractivity contribution >= 4 is 22.5 Å². The summed E-state index contributed by atoms with van der Waals surface area (Å²) in [5, 5.41) is 6.79. The van der Waals surface area contributed by atoms with Crippen LogP contribution in [-0.2, 0) is 4.74 Å². The maximum atomic E-state index is 5.80. The summed E-state index contributed by atoms with van der Waals surface area (Å²) in [4.78, 5) is 16.3. The Kier molecular flexibility index (Phi) is 5.23. The first-order chi connectivity index (χ1) is 14.4. The zero-order valence-electron chi connectivity index (χ0n) is 16.5. The Hall–Kier alpha value is -2.77. The minimum Gasteiger partial charge on any atom is -0.374 e. The van der Waals surface area contributed by atoms with Crippen molar-refractivity contribution in [1.29, 1.82) is 0 Å². The molecule has 0 spiro atoms. The van der Waals surface area contributed by atoms with E-state index in [2.05, 4.69) is 49.8 Å². The molecule has 4 heterocycles. The molecule has 2 aliphatic heterocycles. The molecule has 29 heavy (non-hydrogen) atoms. The van der Waals surface area contributed by atoms with E-state index in [9.17, 15) is 0 Å². The van der Waals surface area contributed by atoms with Crippen molar-refractivity contribution in [1.82, 2.24) is 20.3 Å². The Morgan fingerprint density at radius 2 is 1.93 bits per heavy atom. The molecule has 2 aromatic heterocycles. The van der Waals surface area contributed by atoms with Crippen LogP contribution < -0.4 is 15.5 Å². The fourth-order valence-corrected chi connectivity index (χ4v) is 4.02. The fraction of sp³-hybridized carbons (Fsp3) is 0.409. The van der Waals surface area contributed by atoms with Gasteiger partial charge in [-0.05, 0) is 31.0 Å². The van der Waals surface area contributed by atoms with Gasteiger partial charge in [-0.25, -0.2) is 9.97 Å². The third-order valence-electron chi connectivity index (χ3n) is 5.59. The van der Waals surface area contributed by atoms with Crippen LogP contribution in [0.1, 0.15) is 12.8 Å². The molecule has 2 N–H and O–H groups in total. The van der Waals surface area contributed by atoms with Crippen LogP contribution in [0.4, 0.5) is 11.5 Å². The lowest BCUT2D eigenvalue weighted by Gasteiger charge is -2.24. The number of fused-ring (bicyclic) bond motifs is 1. The van der Waals surface area contributed by atoms with Crippen molar-refractivity contribution in [2.75, 3.05) is 49.5 Å². The zero-order valence-corrected chi connectivity index (χ0v) is 16.5. The van der Waals surface area contributed by atoms with Crippen LogP contribution in [0.3, 0.4) is 0 Å². The van der Waals surface area contributed by atoms with E-state index < -0.39 is 0 Å². The highest BCUT2D eigenvalue weighted by Crippen LogP contribution is 2.28. The zero-order chi connectivity index (χ0) is 19.5. The Labute approximate surface area is 170 Å². The van der Waals surface area contributed by atoms with E-state index in [0.29, 0.717) is 6.54 Å². The van der Waals surface area contributed by atoms with Crippen LogP contribution in [0, 0.1) is 0 Å². The lowest BCUT2D eigenvalue weighted by atomic mass is 10.1. The van der Waals surface area contributed by atoms with Crippen LogP contribution in [-0.4, -0.2) is 60.4 Å². The monoisotopic (exact) mass is 390 g/mol. The highest BCUT2D eigenvalue weighted by Gasteiger charge is 2.16. The van der Waals surface area contributed by atoms with E-state index in [-0.39, 0.29) is 6.10 Å². The number of aromatic nitrogens is 3. The predicted molar refractivity (Wildman–Crippen MR) is 115 cm³/mol. The van der Waals surface area contributed by atoms with Crippen LogP contribution >= 0.6 is 0 Å². The summed E-state index contributed by atoms with van der Waals surface area (Å²) in [5.41, 5.74) is 4.89. The molecule has 0 saturated carbocycles. The first-order valence-corrected chi connectivity index (χ1v) is 10.4. The molecule has 7 heteroatoms. The third kappa shape index (κ3) is 4.02. The normalized spacial score (nSPS) is 19.6. The number of pyridine rings is 1. The van der Waals surface area contributed by atoms with Crippen molar-refractivity contribution in [3.63, 3.8) is 0 Å². The average molecular weight is 390 g/mol. The Morgan fingerprint density at radius 3 is 2.72 bits per heavy atom. The maximum absolute atomic E-state index is 5.80. The largest absolute Gasteiger partial charge is 0.374 e. The van der Waals surface area contributed by atoms with E-state index in [1.165, 1.54) is 18.5 Å². The summed E-state index contributed by atoms with van der Waals surface area (Å²) in [6.45, 7) is 5.47. The molecule has 3 aromatic rings. The number of morpholine rings is 1. The molecule has 1 atom stereocenters. The molecule has 2 saturated heterocycles. The van der Waals surface area contributed by atoms with Gasteiger partial charge in [0.05, 0.1) is 23.9 Å². The number of hydrogen-bond donors (Lipinski definition) is 2. The first-order valence-electron chi connectivity index (χ1n) is 10.4. The third-order valence-corrected chi connectivity index (χ3v) is 5.59. The van der Waals surface area contributed by atoms with Gasteiger partial charge in [0.1, 0.15) is 5.52 Å². The lowest BCUT2D eigenvalue weighted by Crippen LogP contribution is -2.42. The average Bonchev–Trinajstić information content (AvgIpc) is 3.33. The molecular formula is C22H26N6O. The quantitative estimate of drug-likeness (QED) is 0.694. The van der Waals surface area contributed by atoms with Gasteiger partial charge < -0.3 is 20.3 Å². The van der Waals surface area contributed by atoms with Gasteiger partial charge in [-0.1, -0.05) is 12.1 Å². The molecule has 0 aliphatic carbocycles. The number of nitrogens with zero attached hydrogens (tertiary/aromatic N) is 4. The van der Waals surface area contributed by atoms with E-state index >= 15 is 0 Å². The van der Waals surface area contributed by atoms with E-state index in [4.69, 9.17) is 9.72 Å². The Bertz CT molecular complexity index is 965. The summed E-state index contributed by atoms with van der Waals surface area (Å²) < 4.78 is 5.80. The minimum atomic E-state index is 0.126. The number of benzene rings is 1. The molecule has 5 rings (SSSR count). The van der Waals surface area contributed by atoms with Gasteiger partial charge in [0, 0.05) is 56.4 Å². The molecule has 0 radical (unpaired) electrons. The fourth-order valence-electron chi connectivity index (χ4n) is 4.02. The first kappa shape index (κ1) is 18.3. The van der Waals surface area contributed by atoms with E-state index in [0.717, 1.165) is 60.9 Å². The number of anilines is 2. The van der Waals surface area contributed by atoms with Crippen LogP contribution in [0.15, 0.2) is 42.7 Å². The van der Waals surface area contributed by atoms with Crippen molar-refractivity contribution in [3.8, 4) is 11.3 Å². The highest BCUT2D eigenvalue weighted by atomic mass is 16.5. The van der Waals surface area contributed by atoms with Crippen LogP contribution in [0.2, 0.25) is 0 Å². The number of rotatable bonds is 5. The number of hydrogen-bond acceptors (Lipinski definition) is 7. The van der Waals surface area contributed by atoms with Gasteiger partial charge in [-0.15, -0.1) is 0 Å². The number of nitrogens with one attached hydrogen (secondary N) is 2. The van der Waals surface area contributed by atoms with E-state index in [1.807, 2.05) is 6.07 Å². The second kappa shape index (κ2) is 8.31. The molecule has 150 valence electrons. The molecule has 7 nitrogen and oxygen atoms in total. The molecule has 0 amide bonds. The predicted octanol–water partition coefficient (Wildman–Crippen LogP) is 2.69. The molecule has 2 fully saturated rings. The van der Waals surface area contributed by atoms with Gasteiger partial charge in [-0.2, -0.15) is 0 Å². The Morgan fingerprint density at radius 1 is 1.10 bits per heavy atom. The molecular weight excluding hydrogens is 364 g/mol. The standard InChI is InChI=1S/C22H26N6O/c1-2-11-28(10-1)17-5-3-16(4-6-17)19-13-20-21(25-8-7-24-20)22(27-19)26-15-18-14-23-9-12-29-18/h3-8,13,18,23H,1-2,9-12,14-15H2,(H,26,27)/t18-/m0/s1. The van der Waals surface area contributed by atoms with Crippen LogP contribution in [0.25, 0.3) is 22.3 Å². The molecule has 2 aliphatic rings.